The van der Waals surface area contributed by atoms with Crippen LogP contribution in [0.3, 0.4) is 0 Å². The minimum Gasteiger partial charge on any atom is -0.324 e. The van der Waals surface area contributed by atoms with Crippen molar-refractivity contribution in [2.24, 2.45) is 5.73 Å². The van der Waals surface area contributed by atoms with Crippen LogP contribution in [0.5, 0.6) is 0 Å². The first kappa shape index (κ1) is 12.2. The van der Waals surface area contributed by atoms with Crippen molar-refractivity contribution in [1.29, 1.82) is 0 Å². The number of carbonyl (C=O) groups excluding carboxylic acids is 1. The van der Waals surface area contributed by atoms with Crippen LogP contribution < -0.4 is 11.1 Å². The van der Waals surface area contributed by atoms with Crippen molar-refractivity contribution in [3.63, 3.8) is 0 Å². The summed E-state index contributed by atoms with van der Waals surface area (Å²) in [6.07, 6.45) is 3.53. The lowest BCUT2D eigenvalue weighted by Crippen LogP contribution is -2.37. The minimum absolute atomic E-state index is 0.0944. The van der Waals surface area contributed by atoms with Crippen molar-refractivity contribution in [2.75, 3.05) is 5.32 Å². The van der Waals surface area contributed by atoms with Gasteiger partial charge in [0.2, 0.25) is 5.91 Å². The third-order valence-corrected chi connectivity index (χ3v) is 3.55. The van der Waals surface area contributed by atoms with Crippen LogP contribution in [-0.2, 0) is 4.79 Å². The molecule has 0 spiro atoms. The van der Waals surface area contributed by atoms with Gasteiger partial charge in [0.05, 0.1) is 11.1 Å². The van der Waals surface area contributed by atoms with E-state index in [4.69, 9.17) is 5.73 Å². The number of anilines is 1. The van der Waals surface area contributed by atoms with E-state index in [1.807, 2.05) is 29.1 Å². The highest BCUT2D eigenvalue weighted by Crippen LogP contribution is 2.33. The Kier molecular flexibility index (Phi) is 2.60. The Hall–Kier alpha value is -1.88. The number of aromatic nitrogens is 2. The maximum absolute atomic E-state index is 11.9. The van der Waals surface area contributed by atoms with Crippen molar-refractivity contribution in [1.82, 2.24) is 9.78 Å². The number of hydrogen-bond donors (Lipinski definition) is 2. The fourth-order valence-corrected chi connectivity index (χ4v) is 2.00. The van der Waals surface area contributed by atoms with Gasteiger partial charge in [-0.3, -0.25) is 9.48 Å². The molecular formula is C14H18N4O. The minimum atomic E-state index is -0.642. The maximum Gasteiger partial charge on any atom is 0.244 e. The number of amides is 1. The van der Waals surface area contributed by atoms with Crippen LogP contribution in [0.4, 0.5) is 5.69 Å². The molecule has 1 amide bonds. The Morgan fingerprint density at radius 1 is 1.47 bits per heavy atom. The summed E-state index contributed by atoms with van der Waals surface area (Å²) in [6, 6.07) is 6.04. The highest BCUT2D eigenvalue weighted by atomic mass is 16.2. The van der Waals surface area contributed by atoms with Gasteiger partial charge in [0, 0.05) is 23.3 Å². The average molecular weight is 258 g/mol. The van der Waals surface area contributed by atoms with E-state index < -0.39 is 5.54 Å². The summed E-state index contributed by atoms with van der Waals surface area (Å²) in [7, 11) is 0. The molecule has 0 radical (unpaired) electrons. The molecule has 100 valence electrons. The molecule has 1 aromatic carbocycles. The Labute approximate surface area is 111 Å². The summed E-state index contributed by atoms with van der Waals surface area (Å²) >= 11 is 0. The molecule has 0 saturated heterocycles. The van der Waals surface area contributed by atoms with Crippen LogP contribution in [-0.4, -0.2) is 21.2 Å². The topological polar surface area (TPSA) is 72.9 Å². The lowest BCUT2D eigenvalue weighted by Gasteiger charge is -2.09. The quantitative estimate of drug-likeness (QED) is 0.885. The monoisotopic (exact) mass is 258 g/mol. The largest absolute Gasteiger partial charge is 0.324 e. The zero-order valence-corrected chi connectivity index (χ0v) is 11.2. The first-order chi connectivity index (χ1) is 8.98. The van der Waals surface area contributed by atoms with Gasteiger partial charge in [-0.2, -0.15) is 5.10 Å². The van der Waals surface area contributed by atoms with Gasteiger partial charge in [-0.25, -0.2) is 0 Å². The van der Waals surface area contributed by atoms with E-state index in [1.165, 1.54) is 0 Å². The van der Waals surface area contributed by atoms with E-state index in [0.29, 0.717) is 6.04 Å². The zero-order chi connectivity index (χ0) is 13.6. The second-order valence-electron chi connectivity index (χ2n) is 5.59. The predicted octanol–water partition coefficient (Wildman–Crippen LogP) is 2.05. The molecule has 5 nitrogen and oxygen atoms in total. The Balaban J connectivity index is 1.86. The van der Waals surface area contributed by atoms with Crippen LogP contribution in [0.1, 0.15) is 32.7 Å². The molecule has 1 aromatic heterocycles. The molecule has 1 aliphatic carbocycles. The number of benzene rings is 1. The SMILES string of the molecule is CC(C)n1cc2cc(NC(=O)C3(N)CC3)ccc2n1. The van der Waals surface area contributed by atoms with Crippen LogP contribution in [0.2, 0.25) is 0 Å². The Morgan fingerprint density at radius 2 is 2.21 bits per heavy atom. The molecule has 0 unspecified atom stereocenters. The van der Waals surface area contributed by atoms with Crippen molar-refractivity contribution in [3.05, 3.63) is 24.4 Å². The number of nitrogens with two attached hydrogens (primary N) is 1. The van der Waals surface area contributed by atoms with Crippen molar-refractivity contribution in [3.8, 4) is 0 Å². The molecule has 1 fully saturated rings. The molecular weight excluding hydrogens is 240 g/mol. The normalized spacial score (nSPS) is 16.8. The van der Waals surface area contributed by atoms with E-state index in [2.05, 4.69) is 24.3 Å². The van der Waals surface area contributed by atoms with E-state index in [1.54, 1.807) is 0 Å². The first-order valence-corrected chi connectivity index (χ1v) is 6.57. The second kappa shape index (κ2) is 4.06. The molecule has 19 heavy (non-hydrogen) atoms. The number of hydrogen-bond acceptors (Lipinski definition) is 3. The first-order valence-electron chi connectivity index (χ1n) is 6.57. The molecule has 1 aliphatic rings. The Bertz CT molecular complexity index is 640. The van der Waals surface area contributed by atoms with Crippen LogP contribution in [0.15, 0.2) is 24.4 Å². The van der Waals surface area contributed by atoms with Crippen molar-refractivity contribution in [2.45, 2.75) is 38.3 Å². The number of rotatable bonds is 3. The summed E-state index contributed by atoms with van der Waals surface area (Å²) in [5.74, 6) is -0.0944. The number of carbonyl (C=O) groups is 1. The highest BCUT2D eigenvalue weighted by molar-refractivity contribution is 6.01. The molecule has 0 atom stereocenters. The van der Waals surface area contributed by atoms with Crippen LogP contribution in [0.25, 0.3) is 10.9 Å². The van der Waals surface area contributed by atoms with Crippen LogP contribution >= 0.6 is 0 Å². The summed E-state index contributed by atoms with van der Waals surface area (Å²) in [5, 5.41) is 8.37. The third kappa shape index (κ3) is 2.21. The predicted molar refractivity (Wildman–Crippen MR) is 74.9 cm³/mol. The molecule has 3 N–H and O–H groups in total. The number of fused-ring (bicyclic) bond motifs is 1. The molecule has 0 bridgehead atoms. The van der Waals surface area contributed by atoms with Crippen LogP contribution in [0, 0.1) is 0 Å². The van der Waals surface area contributed by atoms with E-state index in [0.717, 1.165) is 29.4 Å². The summed E-state index contributed by atoms with van der Waals surface area (Å²) < 4.78 is 1.92. The van der Waals surface area contributed by atoms with Gasteiger partial charge < -0.3 is 11.1 Å². The molecule has 1 saturated carbocycles. The van der Waals surface area contributed by atoms with Gasteiger partial charge in [-0.15, -0.1) is 0 Å². The van der Waals surface area contributed by atoms with E-state index in [9.17, 15) is 4.79 Å². The molecule has 2 aromatic rings. The maximum atomic E-state index is 11.9. The highest BCUT2D eigenvalue weighted by Gasteiger charge is 2.45. The van der Waals surface area contributed by atoms with Gasteiger partial charge in [-0.05, 0) is 44.9 Å². The standard InChI is InChI=1S/C14H18N4O/c1-9(2)18-8-10-7-11(3-4-12(10)17-18)16-13(19)14(15)5-6-14/h3-4,7-9H,5-6,15H2,1-2H3,(H,16,19). The third-order valence-electron chi connectivity index (χ3n) is 3.55. The van der Waals surface area contributed by atoms with Gasteiger partial charge >= 0.3 is 0 Å². The summed E-state index contributed by atoms with van der Waals surface area (Å²) in [4.78, 5) is 11.9. The van der Waals surface area contributed by atoms with Gasteiger partial charge in [0.15, 0.2) is 0 Å². The van der Waals surface area contributed by atoms with Crippen molar-refractivity contribution >= 4 is 22.5 Å². The van der Waals surface area contributed by atoms with Gasteiger partial charge in [0.1, 0.15) is 0 Å². The van der Waals surface area contributed by atoms with Crippen molar-refractivity contribution < 1.29 is 4.79 Å². The summed E-state index contributed by atoms with van der Waals surface area (Å²) in [5.41, 5.74) is 6.93. The smallest absolute Gasteiger partial charge is 0.244 e. The van der Waals surface area contributed by atoms with Gasteiger partial charge in [-0.1, -0.05) is 0 Å². The fourth-order valence-electron chi connectivity index (χ4n) is 2.00. The number of nitrogens with zero attached hydrogens (tertiary/aromatic N) is 2. The zero-order valence-electron chi connectivity index (χ0n) is 11.2. The second-order valence-corrected chi connectivity index (χ2v) is 5.59. The molecule has 0 aliphatic heterocycles. The van der Waals surface area contributed by atoms with E-state index in [-0.39, 0.29) is 5.91 Å². The molecule has 1 heterocycles. The lowest BCUT2D eigenvalue weighted by atomic mass is 10.2. The van der Waals surface area contributed by atoms with Gasteiger partial charge in [0.25, 0.3) is 0 Å². The molecule has 5 heteroatoms. The fraction of sp³-hybridized carbons (Fsp3) is 0.429. The van der Waals surface area contributed by atoms with E-state index >= 15 is 0 Å². The molecule has 3 rings (SSSR count). The Morgan fingerprint density at radius 3 is 2.84 bits per heavy atom. The number of nitrogens with one attached hydrogen (secondary N) is 1. The summed E-state index contributed by atoms with van der Waals surface area (Å²) in [6.45, 7) is 4.17. The average Bonchev–Trinajstić information content (AvgIpc) is 2.97. The lowest BCUT2D eigenvalue weighted by molar-refractivity contribution is -0.118.